The number of aliphatic hydroxyl groups excluding tert-OH is 1. The summed E-state index contributed by atoms with van der Waals surface area (Å²) in [6.07, 6.45) is -1.42. The molecule has 23 heavy (non-hydrogen) atoms. The van der Waals surface area contributed by atoms with Gasteiger partial charge < -0.3 is 20.6 Å². The highest BCUT2D eigenvalue weighted by atomic mass is 32.1. The van der Waals surface area contributed by atoms with Crippen molar-refractivity contribution in [3.63, 3.8) is 0 Å². The second-order valence-corrected chi connectivity index (χ2v) is 7.44. The zero-order chi connectivity index (χ0) is 18.1. The summed E-state index contributed by atoms with van der Waals surface area (Å²) >= 11 is 3.95. The first kappa shape index (κ1) is 22.4. The molecule has 0 saturated heterocycles. The van der Waals surface area contributed by atoms with Crippen LogP contribution in [0.4, 0.5) is 0 Å². The lowest BCUT2D eigenvalue weighted by atomic mass is 9.87. The van der Waals surface area contributed by atoms with Crippen LogP contribution in [-0.4, -0.2) is 60.5 Å². The number of rotatable bonds is 11. The number of hydrogen-bond acceptors (Lipinski definition) is 7. The first-order chi connectivity index (χ1) is 10.6. The van der Waals surface area contributed by atoms with Gasteiger partial charge in [0.15, 0.2) is 0 Å². The third-order valence-electron chi connectivity index (χ3n) is 2.90. The maximum atomic E-state index is 11.9. The number of thiol groups is 1. The minimum Gasteiger partial charge on any atom is -0.383 e. The molecule has 0 bridgehead atoms. The van der Waals surface area contributed by atoms with Gasteiger partial charge in [-0.05, 0) is 0 Å². The van der Waals surface area contributed by atoms with Crippen molar-refractivity contribution < 1.29 is 33.2 Å². The molecule has 0 fully saturated rings. The molecule has 0 aliphatic heterocycles. The van der Waals surface area contributed by atoms with Crippen LogP contribution >= 0.6 is 20.5 Å². The Morgan fingerprint density at radius 3 is 2.43 bits per heavy atom. The number of phosphoric ester groups is 1. The highest BCUT2D eigenvalue weighted by Crippen LogP contribution is 2.43. The Morgan fingerprint density at radius 2 is 1.91 bits per heavy atom. The van der Waals surface area contributed by atoms with Gasteiger partial charge in [0, 0.05) is 37.8 Å². The number of amides is 2. The van der Waals surface area contributed by atoms with E-state index in [0.717, 1.165) is 7.11 Å². The van der Waals surface area contributed by atoms with Crippen molar-refractivity contribution in [3.8, 4) is 0 Å². The van der Waals surface area contributed by atoms with Crippen LogP contribution in [0.3, 0.4) is 0 Å². The maximum absolute atomic E-state index is 11.9. The van der Waals surface area contributed by atoms with Gasteiger partial charge in [0.25, 0.3) is 0 Å². The SMILES string of the molecule is COP(=O)(O)OCC(C)(C)[C@@H](O)C(=O)NCCC(=O)NCCS. The molecule has 11 heteroatoms. The van der Waals surface area contributed by atoms with Gasteiger partial charge in [-0.15, -0.1) is 0 Å². The van der Waals surface area contributed by atoms with Crippen LogP contribution in [0.25, 0.3) is 0 Å². The minimum atomic E-state index is -4.19. The van der Waals surface area contributed by atoms with Gasteiger partial charge in [-0.25, -0.2) is 4.57 Å². The van der Waals surface area contributed by atoms with Crippen LogP contribution in [-0.2, 0) is 23.2 Å². The van der Waals surface area contributed by atoms with Gasteiger partial charge in [-0.3, -0.25) is 18.6 Å². The van der Waals surface area contributed by atoms with E-state index < -0.39 is 25.2 Å². The molecule has 2 amide bonds. The maximum Gasteiger partial charge on any atom is 0.471 e. The number of carbonyl (C=O) groups excluding carboxylic acids is 2. The first-order valence-electron chi connectivity index (χ1n) is 6.92. The van der Waals surface area contributed by atoms with Crippen LogP contribution in [0.2, 0.25) is 0 Å². The average molecular weight is 372 g/mol. The highest BCUT2D eigenvalue weighted by Gasteiger charge is 2.36. The summed E-state index contributed by atoms with van der Waals surface area (Å²) in [7, 11) is -3.18. The third kappa shape index (κ3) is 9.29. The van der Waals surface area contributed by atoms with E-state index in [0.29, 0.717) is 12.3 Å². The van der Waals surface area contributed by atoms with E-state index in [1.165, 1.54) is 13.8 Å². The normalized spacial score (nSPS) is 15.6. The second kappa shape index (κ2) is 10.3. The Labute approximate surface area is 141 Å². The molecular formula is C12H25N2O7PS. The Balaban J connectivity index is 4.30. The predicted octanol–water partition coefficient (Wildman–Crippen LogP) is -0.311. The van der Waals surface area contributed by atoms with E-state index in [1.54, 1.807) is 0 Å². The van der Waals surface area contributed by atoms with E-state index in [-0.39, 0.29) is 25.5 Å². The molecule has 0 aromatic carbocycles. The lowest BCUT2D eigenvalue weighted by Gasteiger charge is -2.29. The van der Waals surface area contributed by atoms with Gasteiger partial charge in [0.2, 0.25) is 11.8 Å². The fourth-order valence-electron chi connectivity index (χ4n) is 1.41. The Bertz CT molecular complexity index is 447. The lowest BCUT2D eigenvalue weighted by molar-refractivity contribution is -0.137. The highest BCUT2D eigenvalue weighted by molar-refractivity contribution is 7.80. The molecule has 1 unspecified atom stereocenters. The molecule has 0 aromatic heterocycles. The van der Waals surface area contributed by atoms with Gasteiger partial charge in [-0.1, -0.05) is 13.8 Å². The smallest absolute Gasteiger partial charge is 0.383 e. The van der Waals surface area contributed by atoms with Crippen molar-refractivity contribution in [1.82, 2.24) is 10.6 Å². The zero-order valence-corrected chi connectivity index (χ0v) is 15.2. The molecule has 0 aliphatic carbocycles. The predicted molar refractivity (Wildman–Crippen MR) is 87.1 cm³/mol. The van der Waals surface area contributed by atoms with Crippen LogP contribution in [0.15, 0.2) is 0 Å². The fourth-order valence-corrected chi connectivity index (χ4v) is 2.13. The molecule has 4 N–H and O–H groups in total. The largest absolute Gasteiger partial charge is 0.471 e. The van der Waals surface area contributed by atoms with Gasteiger partial charge >= 0.3 is 7.82 Å². The molecule has 9 nitrogen and oxygen atoms in total. The minimum absolute atomic E-state index is 0.0573. The number of aliphatic hydroxyl groups is 1. The van der Waals surface area contributed by atoms with E-state index in [9.17, 15) is 19.3 Å². The monoisotopic (exact) mass is 372 g/mol. The molecule has 0 radical (unpaired) electrons. The topological polar surface area (TPSA) is 134 Å². The number of phosphoric acid groups is 1. The summed E-state index contributed by atoms with van der Waals surface area (Å²) in [6, 6.07) is 0. The summed E-state index contributed by atoms with van der Waals surface area (Å²) in [4.78, 5) is 32.4. The van der Waals surface area contributed by atoms with E-state index in [2.05, 4.69) is 32.3 Å². The van der Waals surface area contributed by atoms with E-state index in [1.807, 2.05) is 0 Å². The summed E-state index contributed by atoms with van der Waals surface area (Å²) in [5.41, 5.74) is -1.13. The summed E-state index contributed by atoms with van der Waals surface area (Å²) in [6.45, 7) is 3.11. The molecule has 0 saturated carbocycles. The first-order valence-corrected chi connectivity index (χ1v) is 9.05. The molecule has 0 heterocycles. The lowest BCUT2D eigenvalue weighted by Crippen LogP contribution is -2.46. The van der Waals surface area contributed by atoms with Crippen molar-refractivity contribution in [1.29, 1.82) is 0 Å². The Morgan fingerprint density at radius 1 is 1.30 bits per heavy atom. The van der Waals surface area contributed by atoms with Crippen molar-refractivity contribution in [2.45, 2.75) is 26.4 Å². The van der Waals surface area contributed by atoms with Gasteiger partial charge in [0.05, 0.1) is 6.61 Å². The van der Waals surface area contributed by atoms with E-state index >= 15 is 0 Å². The van der Waals surface area contributed by atoms with Gasteiger partial charge in [-0.2, -0.15) is 12.6 Å². The molecule has 0 rings (SSSR count). The fraction of sp³-hybridized carbons (Fsp3) is 0.833. The summed E-state index contributed by atoms with van der Waals surface area (Å²) in [5.74, 6) is -0.426. The molecule has 2 atom stereocenters. The molecular weight excluding hydrogens is 347 g/mol. The van der Waals surface area contributed by atoms with Crippen LogP contribution in [0, 0.1) is 5.41 Å². The van der Waals surface area contributed by atoms with Crippen molar-refractivity contribution >= 4 is 32.3 Å². The average Bonchev–Trinajstić information content (AvgIpc) is 2.50. The zero-order valence-electron chi connectivity index (χ0n) is 13.4. The van der Waals surface area contributed by atoms with Crippen LogP contribution in [0.1, 0.15) is 20.3 Å². The molecule has 0 aromatic rings. The van der Waals surface area contributed by atoms with Crippen molar-refractivity contribution in [2.24, 2.45) is 5.41 Å². The van der Waals surface area contributed by atoms with Gasteiger partial charge in [0.1, 0.15) is 6.10 Å². The summed E-state index contributed by atoms with van der Waals surface area (Å²) in [5, 5.41) is 15.0. The standard InChI is InChI=1S/C12H25N2O7PS/c1-12(2,8-21-22(18,19)20-3)10(16)11(17)14-5-4-9(15)13-6-7-23/h10,16,23H,4-8H2,1-3H3,(H,13,15)(H,14,17)(H,18,19)/t10-/m0/s1. The molecule has 0 spiro atoms. The third-order valence-corrected chi connectivity index (χ3v) is 4.04. The molecule has 0 aliphatic rings. The van der Waals surface area contributed by atoms with Crippen LogP contribution < -0.4 is 10.6 Å². The number of nitrogens with one attached hydrogen (secondary N) is 2. The molecule has 136 valence electrons. The van der Waals surface area contributed by atoms with Crippen molar-refractivity contribution in [3.05, 3.63) is 0 Å². The Hall–Kier alpha value is -0.640. The van der Waals surface area contributed by atoms with Crippen LogP contribution in [0.5, 0.6) is 0 Å². The Kier molecular flexibility index (Phi) is 9.99. The van der Waals surface area contributed by atoms with E-state index in [4.69, 9.17) is 4.89 Å². The van der Waals surface area contributed by atoms with Crippen molar-refractivity contribution in [2.75, 3.05) is 32.6 Å². The number of hydrogen-bond donors (Lipinski definition) is 5. The second-order valence-electron chi connectivity index (χ2n) is 5.43. The summed E-state index contributed by atoms with van der Waals surface area (Å²) < 4.78 is 20.2. The quantitative estimate of drug-likeness (QED) is 0.248. The number of carbonyl (C=O) groups is 2.